The van der Waals surface area contributed by atoms with E-state index in [1.54, 1.807) is 0 Å². The molecule has 0 aromatic heterocycles. The largest absolute Gasteiger partial charge is 0.403 e. The van der Waals surface area contributed by atoms with Crippen LogP contribution >= 0.6 is 0 Å². The molecule has 1 saturated heterocycles. The summed E-state index contributed by atoms with van der Waals surface area (Å²) >= 11 is 0. The zero-order valence-electron chi connectivity index (χ0n) is 7.13. The molecule has 1 aliphatic rings. The molecule has 0 saturated carbocycles. The maximum atomic E-state index is 12.3. The third-order valence-electron chi connectivity index (χ3n) is 2.13. The van der Waals surface area contributed by atoms with Crippen LogP contribution < -0.4 is 0 Å². The van der Waals surface area contributed by atoms with E-state index in [4.69, 9.17) is 4.74 Å². The fourth-order valence-corrected chi connectivity index (χ4v) is 2.86. The van der Waals surface area contributed by atoms with Crippen LogP contribution in [0.2, 0.25) is 0 Å². The second-order valence-electron chi connectivity index (χ2n) is 3.00. The number of hydrogen-bond acceptors (Lipinski definition) is 2. The Kier molecular flexibility index (Phi) is 3.34. The molecule has 0 amide bonds. The van der Waals surface area contributed by atoms with Crippen LogP contribution in [0.3, 0.4) is 0 Å². The molecule has 0 N–H and O–H groups in total. The fraction of sp³-hybridized carbons (Fsp3) is 1.00. The Morgan fingerprint density at radius 1 is 1.46 bits per heavy atom. The van der Waals surface area contributed by atoms with Crippen molar-refractivity contribution in [1.82, 2.24) is 0 Å². The minimum absolute atomic E-state index is 0.0860. The summed E-state index contributed by atoms with van der Waals surface area (Å²) in [6.45, 7) is 0. The Morgan fingerprint density at radius 3 is 2.54 bits per heavy atom. The first-order valence-electron chi connectivity index (χ1n) is 3.92. The molecular weight excluding hydrogens is 205 g/mol. The SMILES string of the molecule is COC1CCS(=O)C(C(F)(F)F)C1. The third kappa shape index (κ3) is 2.67. The Balaban J connectivity index is 2.66. The summed E-state index contributed by atoms with van der Waals surface area (Å²) in [5.74, 6) is 0.0860. The summed E-state index contributed by atoms with van der Waals surface area (Å²) in [5, 5.41) is -1.70. The predicted octanol–water partition coefficient (Wildman–Crippen LogP) is 1.47. The Bertz CT molecular complexity index is 204. The molecule has 6 heteroatoms. The first kappa shape index (κ1) is 11.0. The molecule has 3 unspecified atom stereocenters. The van der Waals surface area contributed by atoms with Crippen molar-refractivity contribution in [3.8, 4) is 0 Å². The van der Waals surface area contributed by atoms with E-state index in [9.17, 15) is 17.4 Å². The molecule has 13 heavy (non-hydrogen) atoms. The summed E-state index contributed by atoms with van der Waals surface area (Å²) in [6.07, 6.45) is -4.48. The number of methoxy groups -OCH3 is 1. The Labute approximate surface area is 76.9 Å². The van der Waals surface area contributed by atoms with Gasteiger partial charge in [0.25, 0.3) is 0 Å². The van der Waals surface area contributed by atoms with Gasteiger partial charge in [0.2, 0.25) is 0 Å². The number of alkyl halides is 3. The highest BCUT2D eigenvalue weighted by atomic mass is 32.2. The summed E-state index contributed by atoms with van der Waals surface area (Å²) in [5.41, 5.74) is 0. The first-order chi connectivity index (χ1) is 5.95. The van der Waals surface area contributed by atoms with E-state index < -0.39 is 28.3 Å². The molecule has 1 aliphatic heterocycles. The van der Waals surface area contributed by atoms with E-state index in [1.807, 2.05) is 0 Å². The molecule has 1 fully saturated rings. The van der Waals surface area contributed by atoms with E-state index in [0.29, 0.717) is 6.42 Å². The van der Waals surface area contributed by atoms with Gasteiger partial charge in [0, 0.05) is 23.7 Å². The van der Waals surface area contributed by atoms with E-state index >= 15 is 0 Å². The van der Waals surface area contributed by atoms with Crippen molar-refractivity contribution in [3.05, 3.63) is 0 Å². The van der Waals surface area contributed by atoms with Crippen LogP contribution in [0.5, 0.6) is 0 Å². The average molecular weight is 216 g/mol. The van der Waals surface area contributed by atoms with Crippen molar-refractivity contribution < 1.29 is 22.1 Å². The highest BCUT2D eigenvalue weighted by Crippen LogP contribution is 2.32. The molecule has 0 spiro atoms. The topological polar surface area (TPSA) is 26.3 Å². The maximum absolute atomic E-state index is 12.3. The molecule has 0 radical (unpaired) electrons. The lowest BCUT2D eigenvalue weighted by molar-refractivity contribution is -0.137. The highest BCUT2D eigenvalue weighted by molar-refractivity contribution is 7.85. The summed E-state index contributed by atoms with van der Waals surface area (Å²) in [6, 6.07) is 0. The molecule has 0 bridgehead atoms. The molecule has 1 heterocycles. The summed E-state index contributed by atoms with van der Waals surface area (Å²) in [7, 11) is -0.393. The van der Waals surface area contributed by atoms with Gasteiger partial charge in [-0.25, -0.2) is 0 Å². The van der Waals surface area contributed by atoms with Gasteiger partial charge in [-0.3, -0.25) is 4.21 Å². The first-order valence-corrected chi connectivity index (χ1v) is 5.30. The van der Waals surface area contributed by atoms with Crippen LogP contribution in [0.25, 0.3) is 0 Å². The van der Waals surface area contributed by atoms with Gasteiger partial charge in [-0.15, -0.1) is 0 Å². The summed E-state index contributed by atoms with van der Waals surface area (Å²) < 4.78 is 52.6. The van der Waals surface area contributed by atoms with Gasteiger partial charge in [-0.05, 0) is 12.8 Å². The Morgan fingerprint density at radius 2 is 2.08 bits per heavy atom. The van der Waals surface area contributed by atoms with Crippen LogP contribution in [-0.4, -0.2) is 34.6 Å². The molecule has 0 aliphatic carbocycles. The van der Waals surface area contributed by atoms with Crippen LogP contribution in [0.1, 0.15) is 12.8 Å². The van der Waals surface area contributed by atoms with Crippen molar-refractivity contribution in [2.45, 2.75) is 30.4 Å². The van der Waals surface area contributed by atoms with Crippen LogP contribution in [0.15, 0.2) is 0 Å². The highest BCUT2D eigenvalue weighted by Gasteiger charge is 2.46. The minimum Gasteiger partial charge on any atom is -0.381 e. The van der Waals surface area contributed by atoms with Gasteiger partial charge < -0.3 is 4.74 Å². The number of hydrogen-bond donors (Lipinski definition) is 0. The lowest BCUT2D eigenvalue weighted by Gasteiger charge is -2.28. The molecule has 3 atom stereocenters. The van der Waals surface area contributed by atoms with Gasteiger partial charge in [-0.1, -0.05) is 0 Å². The maximum Gasteiger partial charge on any atom is 0.403 e. The predicted molar refractivity (Wildman–Crippen MR) is 42.9 cm³/mol. The second kappa shape index (κ2) is 3.96. The van der Waals surface area contributed by atoms with Gasteiger partial charge >= 0.3 is 6.18 Å². The number of ether oxygens (including phenoxy) is 1. The average Bonchev–Trinajstić information content (AvgIpc) is 2.03. The fourth-order valence-electron chi connectivity index (χ4n) is 1.35. The standard InChI is InChI=1S/C7H11F3O2S/c1-12-5-2-3-13(11)6(4-5)7(8,9)10/h5-6H,2-4H2,1H3. The van der Waals surface area contributed by atoms with E-state index in [-0.39, 0.29) is 12.2 Å². The van der Waals surface area contributed by atoms with Crippen molar-refractivity contribution in [3.63, 3.8) is 0 Å². The van der Waals surface area contributed by atoms with Crippen LogP contribution in [0.4, 0.5) is 13.2 Å². The van der Waals surface area contributed by atoms with Crippen molar-refractivity contribution in [2.24, 2.45) is 0 Å². The zero-order valence-corrected chi connectivity index (χ0v) is 7.95. The monoisotopic (exact) mass is 216 g/mol. The molecule has 0 aromatic rings. The summed E-state index contributed by atoms with van der Waals surface area (Å²) in [4.78, 5) is 0. The smallest absolute Gasteiger partial charge is 0.381 e. The molecule has 78 valence electrons. The van der Waals surface area contributed by atoms with Gasteiger partial charge in [0.05, 0.1) is 6.10 Å². The van der Waals surface area contributed by atoms with Crippen molar-refractivity contribution in [2.75, 3.05) is 12.9 Å². The van der Waals surface area contributed by atoms with E-state index in [1.165, 1.54) is 7.11 Å². The minimum atomic E-state index is -4.36. The van der Waals surface area contributed by atoms with Gasteiger partial charge in [0.1, 0.15) is 5.25 Å². The molecule has 1 rings (SSSR count). The third-order valence-corrected chi connectivity index (χ3v) is 3.87. The second-order valence-corrected chi connectivity index (χ2v) is 4.74. The lowest BCUT2D eigenvalue weighted by atomic mass is 10.1. The number of halogens is 3. The van der Waals surface area contributed by atoms with Gasteiger partial charge in [-0.2, -0.15) is 13.2 Å². The number of rotatable bonds is 1. The van der Waals surface area contributed by atoms with Crippen molar-refractivity contribution in [1.29, 1.82) is 0 Å². The lowest BCUT2D eigenvalue weighted by Crippen LogP contribution is -2.42. The molecule has 2 nitrogen and oxygen atoms in total. The molecule has 0 aromatic carbocycles. The van der Waals surface area contributed by atoms with Crippen LogP contribution in [0, 0.1) is 0 Å². The van der Waals surface area contributed by atoms with Crippen molar-refractivity contribution >= 4 is 10.8 Å². The van der Waals surface area contributed by atoms with Crippen LogP contribution in [-0.2, 0) is 15.5 Å². The van der Waals surface area contributed by atoms with E-state index in [2.05, 4.69) is 0 Å². The Hall–Kier alpha value is -0.100. The zero-order chi connectivity index (χ0) is 10.1. The van der Waals surface area contributed by atoms with Gasteiger partial charge in [0.15, 0.2) is 0 Å². The molecular formula is C7H11F3O2S. The quantitative estimate of drug-likeness (QED) is 0.663. The normalized spacial score (nSPS) is 36.2. The van der Waals surface area contributed by atoms with E-state index in [0.717, 1.165) is 0 Å².